The molecule has 1 aromatic carbocycles. The van der Waals surface area contributed by atoms with Gasteiger partial charge in [0.1, 0.15) is 23.9 Å². The quantitative estimate of drug-likeness (QED) is 0.475. The SMILES string of the molecule is CCCCCNC(=O)C(c1ccc(O)c(C)c1)N(C(=O)CNC(=O)OC(C)(C)C)C1CC1. The van der Waals surface area contributed by atoms with E-state index >= 15 is 0 Å². The number of aromatic hydroxyl groups is 1. The Bertz CT molecular complexity index is 814. The van der Waals surface area contributed by atoms with Crippen molar-refractivity contribution in [3.63, 3.8) is 0 Å². The van der Waals surface area contributed by atoms with E-state index in [1.54, 1.807) is 44.7 Å². The van der Waals surface area contributed by atoms with E-state index in [0.29, 0.717) is 17.7 Å². The summed E-state index contributed by atoms with van der Waals surface area (Å²) >= 11 is 0. The molecule has 0 bridgehead atoms. The number of carbonyl (C=O) groups excluding carboxylic acids is 3. The summed E-state index contributed by atoms with van der Waals surface area (Å²) in [7, 11) is 0. The number of phenols is 1. The summed E-state index contributed by atoms with van der Waals surface area (Å²) in [5.41, 5.74) is 0.584. The van der Waals surface area contributed by atoms with Crippen LogP contribution >= 0.6 is 0 Å². The predicted octanol–water partition coefficient (Wildman–Crippen LogP) is 3.56. The van der Waals surface area contributed by atoms with Crippen LogP contribution in [0.5, 0.6) is 5.75 Å². The number of aryl methyl sites for hydroxylation is 1. The lowest BCUT2D eigenvalue weighted by atomic mass is 10.0. The van der Waals surface area contributed by atoms with Crippen molar-refractivity contribution >= 4 is 17.9 Å². The number of amides is 3. The molecule has 0 aliphatic heterocycles. The molecule has 1 aliphatic rings. The van der Waals surface area contributed by atoms with Gasteiger partial charge >= 0.3 is 6.09 Å². The van der Waals surface area contributed by atoms with Crippen molar-refractivity contribution in [2.24, 2.45) is 0 Å². The molecule has 0 saturated heterocycles. The number of nitrogens with zero attached hydrogens (tertiary/aromatic N) is 1. The van der Waals surface area contributed by atoms with Crippen molar-refractivity contribution in [1.29, 1.82) is 0 Å². The Kier molecular flexibility index (Phi) is 8.92. The number of hydrogen-bond acceptors (Lipinski definition) is 5. The highest BCUT2D eigenvalue weighted by Crippen LogP contribution is 2.36. The zero-order valence-electron chi connectivity index (χ0n) is 19.9. The maximum atomic E-state index is 13.2. The van der Waals surface area contributed by atoms with Crippen molar-refractivity contribution < 1.29 is 24.2 Å². The first-order chi connectivity index (χ1) is 15.0. The Morgan fingerprint density at radius 1 is 1.19 bits per heavy atom. The van der Waals surface area contributed by atoms with Crippen LogP contribution in [0.3, 0.4) is 0 Å². The maximum Gasteiger partial charge on any atom is 0.408 e. The Balaban J connectivity index is 2.22. The molecule has 2 rings (SSSR count). The lowest BCUT2D eigenvalue weighted by Crippen LogP contribution is -2.49. The van der Waals surface area contributed by atoms with E-state index in [1.807, 2.05) is 0 Å². The third-order valence-electron chi connectivity index (χ3n) is 5.15. The van der Waals surface area contributed by atoms with E-state index in [0.717, 1.165) is 32.1 Å². The fourth-order valence-corrected chi connectivity index (χ4v) is 3.43. The third kappa shape index (κ3) is 7.73. The molecule has 1 aliphatic carbocycles. The van der Waals surface area contributed by atoms with Crippen LogP contribution in [-0.2, 0) is 14.3 Å². The van der Waals surface area contributed by atoms with E-state index in [-0.39, 0.29) is 30.2 Å². The first kappa shape index (κ1) is 25.5. The van der Waals surface area contributed by atoms with Crippen LogP contribution in [0.2, 0.25) is 0 Å². The molecule has 0 spiro atoms. The van der Waals surface area contributed by atoms with E-state index < -0.39 is 17.7 Å². The Hall–Kier alpha value is -2.77. The van der Waals surface area contributed by atoms with E-state index in [4.69, 9.17) is 4.74 Å². The van der Waals surface area contributed by atoms with Crippen LogP contribution in [0, 0.1) is 6.92 Å². The van der Waals surface area contributed by atoms with Gasteiger partial charge in [-0.1, -0.05) is 25.8 Å². The second kappa shape index (κ2) is 11.2. The minimum atomic E-state index is -0.837. The number of hydrogen-bond donors (Lipinski definition) is 3. The summed E-state index contributed by atoms with van der Waals surface area (Å²) in [4.78, 5) is 40.0. The summed E-state index contributed by atoms with van der Waals surface area (Å²) in [6, 6.07) is 4.04. The number of alkyl carbamates (subject to hydrolysis) is 1. The van der Waals surface area contributed by atoms with Gasteiger partial charge in [0.15, 0.2) is 0 Å². The van der Waals surface area contributed by atoms with Gasteiger partial charge < -0.3 is 25.4 Å². The summed E-state index contributed by atoms with van der Waals surface area (Å²) in [6.07, 6.45) is 3.83. The summed E-state index contributed by atoms with van der Waals surface area (Å²) in [5.74, 6) is -0.478. The molecule has 1 fully saturated rings. The molecule has 1 aromatic rings. The molecule has 178 valence electrons. The topological polar surface area (TPSA) is 108 Å². The maximum absolute atomic E-state index is 13.2. The molecule has 3 N–H and O–H groups in total. The van der Waals surface area contributed by atoms with Crippen LogP contribution < -0.4 is 10.6 Å². The normalized spacial score (nSPS) is 14.4. The zero-order valence-corrected chi connectivity index (χ0v) is 19.9. The highest BCUT2D eigenvalue weighted by atomic mass is 16.6. The van der Waals surface area contributed by atoms with E-state index in [1.165, 1.54) is 6.07 Å². The minimum Gasteiger partial charge on any atom is -0.508 e. The van der Waals surface area contributed by atoms with Gasteiger partial charge in [-0.25, -0.2) is 4.79 Å². The van der Waals surface area contributed by atoms with Gasteiger partial charge in [0, 0.05) is 12.6 Å². The van der Waals surface area contributed by atoms with Gasteiger partial charge in [0.2, 0.25) is 11.8 Å². The number of carbonyl (C=O) groups is 3. The number of unbranched alkanes of at least 4 members (excludes halogenated alkanes) is 2. The molecule has 8 heteroatoms. The van der Waals surface area contributed by atoms with Crippen LogP contribution in [0.1, 0.15) is 77.0 Å². The largest absolute Gasteiger partial charge is 0.508 e. The molecule has 3 amide bonds. The van der Waals surface area contributed by atoms with Crippen molar-refractivity contribution in [2.45, 2.75) is 84.4 Å². The first-order valence-corrected chi connectivity index (χ1v) is 11.4. The summed E-state index contributed by atoms with van der Waals surface area (Å²) < 4.78 is 5.21. The van der Waals surface area contributed by atoms with Gasteiger partial charge in [0.25, 0.3) is 0 Å². The zero-order chi connectivity index (χ0) is 23.9. The molecule has 1 unspecified atom stereocenters. The second-order valence-electron chi connectivity index (χ2n) is 9.33. The van der Waals surface area contributed by atoms with Crippen LogP contribution in [0.4, 0.5) is 4.79 Å². The second-order valence-corrected chi connectivity index (χ2v) is 9.33. The molecule has 0 aromatic heterocycles. The number of phenolic OH excluding ortho intramolecular Hbond substituents is 1. The average Bonchev–Trinajstić information content (AvgIpc) is 3.53. The Morgan fingerprint density at radius 2 is 1.88 bits per heavy atom. The number of nitrogens with one attached hydrogen (secondary N) is 2. The monoisotopic (exact) mass is 447 g/mol. The van der Waals surface area contributed by atoms with Crippen molar-refractivity contribution in [3.05, 3.63) is 29.3 Å². The Labute approximate surface area is 190 Å². The Morgan fingerprint density at radius 3 is 2.44 bits per heavy atom. The first-order valence-electron chi connectivity index (χ1n) is 11.4. The van der Waals surface area contributed by atoms with Crippen LogP contribution in [-0.4, -0.2) is 52.6 Å². The average molecular weight is 448 g/mol. The van der Waals surface area contributed by atoms with Crippen LogP contribution in [0.15, 0.2) is 18.2 Å². The van der Waals surface area contributed by atoms with Gasteiger partial charge in [0.05, 0.1) is 0 Å². The van der Waals surface area contributed by atoms with E-state index in [9.17, 15) is 19.5 Å². The summed E-state index contributed by atoms with van der Waals surface area (Å²) in [5, 5.41) is 15.4. The van der Waals surface area contributed by atoms with Gasteiger partial charge in [-0.15, -0.1) is 0 Å². The number of rotatable bonds is 10. The van der Waals surface area contributed by atoms with Crippen molar-refractivity contribution in [2.75, 3.05) is 13.1 Å². The van der Waals surface area contributed by atoms with Crippen LogP contribution in [0.25, 0.3) is 0 Å². The lowest BCUT2D eigenvalue weighted by molar-refractivity contribution is -0.140. The third-order valence-corrected chi connectivity index (χ3v) is 5.15. The highest BCUT2D eigenvalue weighted by molar-refractivity contribution is 5.91. The molecule has 8 nitrogen and oxygen atoms in total. The van der Waals surface area contributed by atoms with Gasteiger partial charge in [-0.2, -0.15) is 0 Å². The van der Waals surface area contributed by atoms with E-state index in [2.05, 4.69) is 17.6 Å². The van der Waals surface area contributed by atoms with Gasteiger partial charge in [-0.05, 0) is 70.2 Å². The fraction of sp³-hybridized carbons (Fsp3) is 0.625. The smallest absolute Gasteiger partial charge is 0.408 e. The molecular weight excluding hydrogens is 410 g/mol. The van der Waals surface area contributed by atoms with Gasteiger partial charge in [-0.3, -0.25) is 9.59 Å². The minimum absolute atomic E-state index is 0.0663. The fourth-order valence-electron chi connectivity index (χ4n) is 3.43. The lowest BCUT2D eigenvalue weighted by Gasteiger charge is -2.32. The summed E-state index contributed by atoms with van der Waals surface area (Å²) in [6.45, 7) is 9.35. The highest BCUT2D eigenvalue weighted by Gasteiger charge is 2.41. The number of benzene rings is 1. The number of ether oxygens (including phenoxy) is 1. The predicted molar refractivity (Wildman–Crippen MR) is 122 cm³/mol. The molecular formula is C24H37N3O5. The standard InChI is InChI=1S/C24H37N3O5/c1-6-7-8-13-25-22(30)21(17-9-12-19(28)16(2)14-17)27(18-10-11-18)20(29)15-26-23(31)32-24(3,4)5/h9,12,14,18,21,28H,6-8,10-11,13,15H2,1-5H3,(H,25,30)(H,26,31). The molecule has 0 heterocycles. The molecule has 0 radical (unpaired) electrons. The van der Waals surface area contributed by atoms with Crippen molar-refractivity contribution in [3.8, 4) is 5.75 Å². The molecule has 1 saturated carbocycles. The van der Waals surface area contributed by atoms with Crippen molar-refractivity contribution in [1.82, 2.24) is 15.5 Å². The molecule has 32 heavy (non-hydrogen) atoms. The molecule has 1 atom stereocenters.